The second-order valence-electron chi connectivity index (χ2n) is 7.61. The number of methoxy groups -OCH3 is 1. The molecule has 8 heteroatoms. The first-order valence-electron chi connectivity index (χ1n) is 10.6. The van der Waals surface area contributed by atoms with E-state index >= 15 is 0 Å². The van der Waals surface area contributed by atoms with Crippen LogP contribution in [-0.2, 0) is 16.1 Å². The van der Waals surface area contributed by atoms with Crippen LogP contribution in [0.25, 0.3) is 0 Å². The summed E-state index contributed by atoms with van der Waals surface area (Å²) in [7, 11) is 1.33. The molecule has 3 aromatic rings. The third kappa shape index (κ3) is 5.52. The predicted molar refractivity (Wildman–Crippen MR) is 131 cm³/mol. The van der Waals surface area contributed by atoms with E-state index in [-0.39, 0.29) is 17.2 Å². The Morgan fingerprint density at radius 2 is 1.71 bits per heavy atom. The number of hydrogen-bond acceptors (Lipinski definition) is 6. The van der Waals surface area contributed by atoms with Crippen molar-refractivity contribution in [1.82, 2.24) is 10.3 Å². The Balaban J connectivity index is 1.37. The van der Waals surface area contributed by atoms with Gasteiger partial charge in [0.05, 0.1) is 24.6 Å². The third-order valence-electron chi connectivity index (χ3n) is 5.33. The van der Waals surface area contributed by atoms with E-state index in [0.29, 0.717) is 23.4 Å². The Morgan fingerprint density at radius 1 is 1.03 bits per heavy atom. The van der Waals surface area contributed by atoms with Crippen LogP contribution in [0.15, 0.2) is 84.0 Å². The lowest BCUT2D eigenvalue weighted by molar-refractivity contribution is -0.128. The number of nitrogens with zero attached hydrogens (tertiary/aromatic N) is 2. The minimum absolute atomic E-state index is 0.0872. The summed E-state index contributed by atoms with van der Waals surface area (Å²) < 4.78 is 4.67. The molecule has 1 fully saturated rings. The lowest BCUT2D eigenvalue weighted by Crippen LogP contribution is -2.27. The normalized spacial score (nSPS) is 15.5. The highest BCUT2D eigenvalue weighted by atomic mass is 32.2. The minimum atomic E-state index is -0.413. The van der Waals surface area contributed by atoms with E-state index in [1.165, 1.54) is 13.3 Å². The largest absolute Gasteiger partial charge is 0.465 e. The molecule has 3 aromatic carbocycles. The van der Waals surface area contributed by atoms with Crippen LogP contribution in [0.2, 0.25) is 0 Å². The first-order valence-corrected chi connectivity index (χ1v) is 11.7. The molecule has 34 heavy (non-hydrogen) atoms. The van der Waals surface area contributed by atoms with Crippen LogP contribution in [0.4, 0.5) is 0 Å². The standard InChI is InChI=1S/C26H23N3O4S/c1-33-26(32)22-9-7-18(8-10-22)15-27-28-24(31)20-11-13-21(14-12-20)25-29(23(30)17-34-25)16-19-5-3-2-4-6-19/h2-15,25H,16-17H2,1H3,(H,28,31)/b27-15-/t25-/m0/s1. The number of thioether (sulfide) groups is 1. The SMILES string of the molecule is COC(=O)c1ccc(/C=N\NC(=O)c2ccc([C@@H]3SCC(=O)N3Cc3ccccc3)cc2)cc1. The molecule has 1 saturated heterocycles. The molecule has 1 heterocycles. The van der Waals surface area contributed by atoms with Gasteiger partial charge in [-0.1, -0.05) is 54.6 Å². The number of benzene rings is 3. The summed E-state index contributed by atoms with van der Waals surface area (Å²) in [6.45, 7) is 0.550. The van der Waals surface area contributed by atoms with E-state index in [2.05, 4.69) is 15.3 Å². The number of hydrazone groups is 1. The number of nitrogens with one attached hydrogen (secondary N) is 1. The highest BCUT2D eigenvalue weighted by molar-refractivity contribution is 8.00. The second kappa shape index (κ2) is 10.8. The van der Waals surface area contributed by atoms with E-state index in [4.69, 9.17) is 0 Å². The number of esters is 1. The van der Waals surface area contributed by atoms with Crippen molar-refractivity contribution in [3.8, 4) is 0 Å². The molecule has 1 atom stereocenters. The molecule has 0 spiro atoms. The smallest absolute Gasteiger partial charge is 0.337 e. The summed E-state index contributed by atoms with van der Waals surface area (Å²) in [5.74, 6) is -0.210. The zero-order valence-electron chi connectivity index (χ0n) is 18.5. The van der Waals surface area contributed by atoms with Gasteiger partial charge in [-0.2, -0.15) is 5.10 Å². The molecule has 1 N–H and O–H groups in total. The number of carbonyl (C=O) groups excluding carboxylic acids is 3. The van der Waals surface area contributed by atoms with Crippen molar-refractivity contribution in [1.29, 1.82) is 0 Å². The van der Waals surface area contributed by atoms with Crippen LogP contribution >= 0.6 is 11.8 Å². The third-order valence-corrected chi connectivity index (χ3v) is 6.59. The van der Waals surface area contributed by atoms with E-state index in [0.717, 1.165) is 16.7 Å². The van der Waals surface area contributed by atoms with Crippen LogP contribution in [0.1, 0.15) is 42.8 Å². The topological polar surface area (TPSA) is 88.1 Å². The number of ether oxygens (including phenoxy) is 1. The zero-order valence-corrected chi connectivity index (χ0v) is 19.3. The molecular weight excluding hydrogens is 450 g/mol. The molecule has 1 aliphatic heterocycles. The molecule has 0 unspecified atom stereocenters. The number of carbonyl (C=O) groups is 3. The van der Waals surface area contributed by atoms with Gasteiger partial charge in [0.15, 0.2) is 0 Å². The molecule has 1 aliphatic rings. The first-order chi connectivity index (χ1) is 16.5. The van der Waals surface area contributed by atoms with Gasteiger partial charge in [-0.25, -0.2) is 10.2 Å². The number of rotatable bonds is 7. The van der Waals surface area contributed by atoms with Crippen molar-refractivity contribution >= 4 is 35.8 Å². The first kappa shape index (κ1) is 23.3. The van der Waals surface area contributed by atoms with Crippen LogP contribution in [0, 0.1) is 0 Å². The maximum atomic E-state index is 12.5. The minimum Gasteiger partial charge on any atom is -0.465 e. The van der Waals surface area contributed by atoms with Crippen molar-refractivity contribution in [2.24, 2.45) is 5.10 Å². The van der Waals surface area contributed by atoms with Crippen LogP contribution in [-0.4, -0.2) is 41.8 Å². The van der Waals surface area contributed by atoms with Crippen LogP contribution in [0.3, 0.4) is 0 Å². The Labute approximate surface area is 201 Å². The fraction of sp³-hybridized carbons (Fsp3) is 0.154. The predicted octanol–water partition coefficient (Wildman–Crippen LogP) is 4.01. The lowest BCUT2D eigenvalue weighted by Gasteiger charge is -2.24. The summed E-state index contributed by atoms with van der Waals surface area (Å²) in [5.41, 5.74) is 6.18. The highest BCUT2D eigenvalue weighted by Gasteiger charge is 2.32. The van der Waals surface area contributed by atoms with Gasteiger partial charge in [-0.05, 0) is 41.0 Å². The Morgan fingerprint density at radius 3 is 2.38 bits per heavy atom. The molecule has 0 saturated carbocycles. The summed E-state index contributed by atoms with van der Waals surface area (Å²) in [6.07, 6.45) is 1.50. The van der Waals surface area contributed by atoms with Gasteiger partial charge in [-0.15, -0.1) is 11.8 Å². The maximum Gasteiger partial charge on any atom is 0.337 e. The average Bonchev–Trinajstić information content (AvgIpc) is 3.24. The molecule has 0 bridgehead atoms. The zero-order chi connectivity index (χ0) is 23.9. The molecule has 172 valence electrons. The van der Waals surface area contributed by atoms with E-state index in [1.807, 2.05) is 47.4 Å². The van der Waals surface area contributed by atoms with Crippen molar-refractivity contribution in [2.45, 2.75) is 11.9 Å². The van der Waals surface area contributed by atoms with Gasteiger partial charge in [-0.3, -0.25) is 9.59 Å². The summed E-state index contributed by atoms with van der Waals surface area (Å²) in [5, 5.41) is 3.90. The quantitative estimate of drug-likeness (QED) is 0.318. The van der Waals surface area contributed by atoms with Gasteiger partial charge in [0.1, 0.15) is 5.37 Å². The Bertz CT molecular complexity index is 1190. The molecule has 0 aliphatic carbocycles. The monoisotopic (exact) mass is 473 g/mol. The van der Waals surface area contributed by atoms with Crippen molar-refractivity contribution in [3.63, 3.8) is 0 Å². The van der Waals surface area contributed by atoms with Gasteiger partial charge < -0.3 is 9.64 Å². The Kier molecular flexibility index (Phi) is 7.39. The van der Waals surface area contributed by atoms with Gasteiger partial charge >= 0.3 is 5.97 Å². The molecule has 7 nitrogen and oxygen atoms in total. The fourth-order valence-corrected chi connectivity index (χ4v) is 4.72. The molecule has 2 amide bonds. The summed E-state index contributed by atoms with van der Waals surface area (Å²) in [6, 6.07) is 23.8. The molecule has 0 aromatic heterocycles. The lowest BCUT2D eigenvalue weighted by atomic mass is 10.1. The Hall–Kier alpha value is -3.91. The van der Waals surface area contributed by atoms with Crippen molar-refractivity contribution in [2.75, 3.05) is 12.9 Å². The molecule has 4 rings (SSSR count). The maximum absolute atomic E-state index is 12.5. The summed E-state index contributed by atoms with van der Waals surface area (Å²) >= 11 is 1.58. The molecule has 0 radical (unpaired) electrons. The van der Waals surface area contributed by atoms with E-state index in [9.17, 15) is 14.4 Å². The molecular formula is C26H23N3O4S. The van der Waals surface area contributed by atoms with E-state index in [1.54, 1.807) is 48.2 Å². The van der Waals surface area contributed by atoms with Crippen LogP contribution < -0.4 is 5.43 Å². The van der Waals surface area contributed by atoms with Crippen molar-refractivity contribution in [3.05, 3.63) is 107 Å². The second-order valence-corrected chi connectivity index (χ2v) is 8.67. The average molecular weight is 474 g/mol. The van der Waals surface area contributed by atoms with E-state index < -0.39 is 5.97 Å². The summed E-state index contributed by atoms with van der Waals surface area (Å²) in [4.78, 5) is 38.2. The number of hydrogen-bond donors (Lipinski definition) is 1. The number of amides is 2. The highest BCUT2D eigenvalue weighted by Crippen LogP contribution is 2.39. The van der Waals surface area contributed by atoms with Gasteiger partial charge in [0, 0.05) is 12.1 Å². The fourth-order valence-electron chi connectivity index (χ4n) is 3.53. The van der Waals surface area contributed by atoms with Gasteiger partial charge in [0.25, 0.3) is 5.91 Å². The van der Waals surface area contributed by atoms with Crippen LogP contribution in [0.5, 0.6) is 0 Å². The van der Waals surface area contributed by atoms with Gasteiger partial charge in [0.2, 0.25) is 5.91 Å². The van der Waals surface area contributed by atoms with Crippen molar-refractivity contribution < 1.29 is 19.1 Å².